The van der Waals surface area contributed by atoms with Crippen molar-refractivity contribution < 1.29 is 15.0 Å². The zero-order chi connectivity index (χ0) is 14.8. The second-order valence-corrected chi connectivity index (χ2v) is 7.07. The van der Waals surface area contributed by atoms with Crippen LogP contribution in [-0.2, 0) is 10.2 Å². The van der Waals surface area contributed by atoms with Crippen LogP contribution in [0.3, 0.4) is 0 Å². The standard InChI is InChI=1S/C16H21BrO3/c1-15(14(19)20,12-4-2-5-13(17)10-12)6-3-7-16(11-18)8-9-16/h2,4-5,10,18H,3,6-9,11H2,1H3,(H,19,20). The van der Waals surface area contributed by atoms with E-state index in [4.69, 9.17) is 0 Å². The Bertz CT molecular complexity index is 496. The molecule has 1 fully saturated rings. The second-order valence-electron chi connectivity index (χ2n) is 6.16. The first-order valence-electron chi connectivity index (χ1n) is 7.02. The van der Waals surface area contributed by atoms with Gasteiger partial charge in [0.15, 0.2) is 0 Å². The van der Waals surface area contributed by atoms with Crippen molar-refractivity contribution in [2.75, 3.05) is 6.61 Å². The average molecular weight is 341 g/mol. The minimum Gasteiger partial charge on any atom is -0.481 e. The fourth-order valence-corrected chi connectivity index (χ4v) is 3.09. The molecule has 0 aliphatic heterocycles. The molecule has 0 amide bonds. The zero-order valence-electron chi connectivity index (χ0n) is 11.7. The van der Waals surface area contributed by atoms with Crippen LogP contribution in [0.25, 0.3) is 0 Å². The van der Waals surface area contributed by atoms with Gasteiger partial charge in [0.05, 0.1) is 5.41 Å². The summed E-state index contributed by atoms with van der Waals surface area (Å²) in [5.74, 6) is -0.788. The van der Waals surface area contributed by atoms with Crippen LogP contribution >= 0.6 is 15.9 Å². The predicted octanol–water partition coefficient (Wildman–Crippen LogP) is 3.73. The lowest BCUT2D eigenvalue weighted by atomic mass is 9.77. The lowest BCUT2D eigenvalue weighted by Gasteiger charge is -2.26. The molecule has 20 heavy (non-hydrogen) atoms. The second kappa shape index (κ2) is 5.86. The third-order valence-electron chi connectivity index (χ3n) is 4.61. The summed E-state index contributed by atoms with van der Waals surface area (Å²) in [6.07, 6.45) is 4.49. The van der Waals surface area contributed by atoms with Crippen molar-refractivity contribution >= 4 is 21.9 Å². The Balaban J connectivity index is 2.07. The van der Waals surface area contributed by atoms with E-state index in [0.717, 1.165) is 35.7 Å². The van der Waals surface area contributed by atoms with E-state index in [1.807, 2.05) is 24.3 Å². The van der Waals surface area contributed by atoms with Crippen LogP contribution in [0.2, 0.25) is 0 Å². The van der Waals surface area contributed by atoms with Crippen LogP contribution in [-0.4, -0.2) is 22.8 Å². The molecule has 1 aliphatic rings. The summed E-state index contributed by atoms with van der Waals surface area (Å²) in [4.78, 5) is 11.7. The summed E-state index contributed by atoms with van der Waals surface area (Å²) < 4.78 is 0.900. The smallest absolute Gasteiger partial charge is 0.313 e. The Labute approximate surface area is 128 Å². The molecule has 0 spiro atoms. The van der Waals surface area contributed by atoms with Crippen molar-refractivity contribution in [1.82, 2.24) is 0 Å². The molecular weight excluding hydrogens is 320 g/mol. The molecule has 0 bridgehead atoms. The number of carboxylic acids is 1. The lowest BCUT2D eigenvalue weighted by Crippen LogP contribution is -2.32. The molecule has 0 heterocycles. The van der Waals surface area contributed by atoms with Gasteiger partial charge < -0.3 is 10.2 Å². The fourth-order valence-electron chi connectivity index (χ4n) is 2.69. The number of carbonyl (C=O) groups is 1. The van der Waals surface area contributed by atoms with Crippen molar-refractivity contribution in [1.29, 1.82) is 0 Å². The lowest BCUT2D eigenvalue weighted by molar-refractivity contribution is -0.143. The Hall–Kier alpha value is -0.870. The van der Waals surface area contributed by atoms with Crippen molar-refractivity contribution in [3.8, 4) is 0 Å². The SMILES string of the molecule is CC(CCCC1(CO)CC1)(C(=O)O)c1cccc(Br)c1. The largest absolute Gasteiger partial charge is 0.481 e. The van der Waals surface area contributed by atoms with Gasteiger partial charge in [-0.2, -0.15) is 0 Å². The number of rotatable bonds is 7. The summed E-state index contributed by atoms with van der Waals surface area (Å²) >= 11 is 3.40. The number of aliphatic hydroxyl groups excluding tert-OH is 1. The van der Waals surface area contributed by atoms with Crippen LogP contribution < -0.4 is 0 Å². The van der Waals surface area contributed by atoms with Gasteiger partial charge in [0, 0.05) is 11.1 Å². The number of hydrogen-bond acceptors (Lipinski definition) is 2. The normalized spacial score (nSPS) is 19.4. The Morgan fingerprint density at radius 2 is 2.15 bits per heavy atom. The monoisotopic (exact) mass is 340 g/mol. The third kappa shape index (κ3) is 3.23. The summed E-state index contributed by atoms with van der Waals surface area (Å²) in [5, 5.41) is 18.9. The molecule has 1 aromatic carbocycles. The molecule has 1 saturated carbocycles. The minimum atomic E-state index is -0.866. The van der Waals surface area contributed by atoms with E-state index in [1.165, 1.54) is 0 Å². The highest BCUT2D eigenvalue weighted by Gasteiger charge is 2.42. The number of hydrogen-bond donors (Lipinski definition) is 2. The molecule has 1 unspecified atom stereocenters. The van der Waals surface area contributed by atoms with E-state index < -0.39 is 11.4 Å². The van der Waals surface area contributed by atoms with Gasteiger partial charge in [-0.25, -0.2) is 0 Å². The fraction of sp³-hybridized carbons (Fsp3) is 0.562. The summed E-state index contributed by atoms with van der Waals surface area (Å²) in [5.41, 5.74) is 0.0552. The van der Waals surface area contributed by atoms with Gasteiger partial charge in [-0.1, -0.05) is 34.5 Å². The highest BCUT2D eigenvalue weighted by molar-refractivity contribution is 9.10. The van der Waals surface area contributed by atoms with E-state index >= 15 is 0 Å². The van der Waals surface area contributed by atoms with E-state index in [-0.39, 0.29) is 12.0 Å². The van der Waals surface area contributed by atoms with Gasteiger partial charge in [0.25, 0.3) is 0 Å². The van der Waals surface area contributed by atoms with Crippen molar-refractivity contribution in [3.63, 3.8) is 0 Å². The minimum absolute atomic E-state index is 0.0939. The van der Waals surface area contributed by atoms with Gasteiger partial charge in [0.2, 0.25) is 0 Å². The molecule has 110 valence electrons. The topological polar surface area (TPSA) is 57.5 Å². The van der Waals surface area contributed by atoms with E-state index in [0.29, 0.717) is 6.42 Å². The molecule has 2 rings (SSSR count). The molecule has 2 N–H and O–H groups in total. The van der Waals surface area contributed by atoms with Crippen LogP contribution in [0.5, 0.6) is 0 Å². The van der Waals surface area contributed by atoms with Crippen LogP contribution in [0.15, 0.2) is 28.7 Å². The maximum absolute atomic E-state index is 11.7. The zero-order valence-corrected chi connectivity index (χ0v) is 13.3. The van der Waals surface area contributed by atoms with Gasteiger partial charge in [-0.15, -0.1) is 0 Å². The average Bonchev–Trinajstić information content (AvgIpc) is 3.19. The molecule has 3 nitrogen and oxygen atoms in total. The molecule has 1 atom stereocenters. The Morgan fingerprint density at radius 1 is 1.45 bits per heavy atom. The molecule has 4 heteroatoms. The molecule has 0 radical (unpaired) electrons. The van der Waals surface area contributed by atoms with Crippen molar-refractivity contribution in [2.24, 2.45) is 5.41 Å². The molecule has 0 saturated heterocycles. The van der Waals surface area contributed by atoms with Crippen molar-refractivity contribution in [3.05, 3.63) is 34.3 Å². The number of carboxylic acid groups (broad SMARTS) is 1. The number of benzene rings is 1. The maximum atomic E-state index is 11.7. The van der Waals surface area contributed by atoms with Gasteiger partial charge in [-0.05, 0) is 55.7 Å². The molecular formula is C16H21BrO3. The van der Waals surface area contributed by atoms with E-state index in [2.05, 4.69) is 15.9 Å². The van der Waals surface area contributed by atoms with Crippen LogP contribution in [0.4, 0.5) is 0 Å². The van der Waals surface area contributed by atoms with Gasteiger partial charge in [-0.3, -0.25) is 4.79 Å². The van der Waals surface area contributed by atoms with Gasteiger partial charge >= 0.3 is 5.97 Å². The molecule has 0 aromatic heterocycles. The molecule has 1 aliphatic carbocycles. The maximum Gasteiger partial charge on any atom is 0.313 e. The van der Waals surface area contributed by atoms with E-state index in [1.54, 1.807) is 6.92 Å². The Kier molecular flexibility index (Phi) is 4.55. The molecule has 1 aromatic rings. The quantitative estimate of drug-likeness (QED) is 0.794. The van der Waals surface area contributed by atoms with Crippen molar-refractivity contribution in [2.45, 2.75) is 44.4 Å². The van der Waals surface area contributed by atoms with Crippen LogP contribution in [0, 0.1) is 5.41 Å². The number of halogens is 1. The van der Waals surface area contributed by atoms with Gasteiger partial charge in [0.1, 0.15) is 0 Å². The number of aliphatic carboxylic acids is 1. The van der Waals surface area contributed by atoms with E-state index in [9.17, 15) is 15.0 Å². The Morgan fingerprint density at radius 3 is 2.65 bits per heavy atom. The highest BCUT2D eigenvalue weighted by Crippen LogP contribution is 2.50. The predicted molar refractivity (Wildman–Crippen MR) is 81.7 cm³/mol. The highest BCUT2D eigenvalue weighted by atomic mass is 79.9. The summed E-state index contributed by atoms with van der Waals surface area (Å²) in [6.45, 7) is 2.02. The van der Waals surface area contributed by atoms with Crippen LogP contribution in [0.1, 0.15) is 44.6 Å². The first kappa shape index (κ1) is 15.5. The first-order chi connectivity index (χ1) is 9.42. The third-order valence-corrected chi connectivity index (χ3v) is 5.10. The first-order valence-corrected chi connectivity index (χ1v) is 7.82. The summed E-state index contributed by atoms with van der Waals surface area (Å²) in [7, 11) is 0. The number of aliphatic hydroxyl groups is 1. The summed E-state index contributed by atoms with van der Waals surface area (Å²) in [6, 6.07) is 7.53.